The third-order valence-electron chi connectivity index (χ3n) is 3.90. The van der Waals surface area contributed by atoms with Gasteiger partial charge in [-0.25, -0.2) is 0 Å². The maximum atomic E-state index is 5.04. The molecule has 2 N–H and O–H groups in total. The predicted molar refractivity (Wildman–Crippen MR) is 85.3 cm³/mol. The highest BCUT2D eigenvalue weighted by Gasteiger charge is 2.17. The normalized spacial score (nSPS) is 18.2. The molecule has 0 radical (unpaired) electrons. The summed E-state index contributed by atoms with van der Waals surface area (Å²) in [4.78, 5) is 7.18. The van der Waals surface area contributed by atoms with Crippen LogP contribution in [0.1, 0.15) is 33.1 Å². The summed E-state index contributed by atoms with van der Waals surface area (Å²) in [6.07, 6.45) is 3.87. The predicted octanol–water partition coefficient (Wildman–Crippen LogP) is 1.31. The molecular weight excluding hydrogens is 252 g/mol. The van der Waals surface area contributed by atoms with Crippen LogP contribution in [0.15, 0.2) is 4.99 Å². The van der Waals surface area contributed by atoms with E-state index in [2.05, 4.69) is 34.4 Å². The number of hydrogen-bond donors (Lipinski definition) is 2. The molecule has 0 bridgehead atoms. The van der Waals surface area contributed by atoms with Crippen molar-refractivity contribution in [1.82, 2.24) is 15.5 Å². The lowest BCUT2D eigenvalue weighted by Gasteiger charge is -2.30. The summed E-state index contributed by atoms with van der Waals surface area (Å²) in [6.45, 7) is 11.4. The fourth-order valence-corrected chi connectivity index (χ4v) is 2.56. The van der Waals surface area contributed by atoms with Crippen molar-refractivity contribution in [1.29, 1.82) is 0 Å². The second-order valence-electron chi connectivity index (χ2n) is 5.35. The summed E-state index contributed by atoms with van der Waals surface area (Å²) < 4.78 is 5.04. The molecule has 1 rings (SSSR count). The summed E-state index contributed by atoms with van der Waals surface area (Å²) in [5.41, 5.74) is 0. The van der Waals surface area contributed by atoms with Gasteiger partial charge in [0.15, 0.2) is 5.96 Å². The van der Waals surface area contributed by atoms with Gasteiger partial charge in [-0.05, 0) is 51.7 Å². The molecule has 1 saturated heterocycles. The molecule has 0 aromatic carbocycles. The quantitative estimate of drug-likeness (QED) is 0.401. The van der Waals surface area contributed by atoms with E-state index in [0.29, 0.717) is 6.61 Å². The standard InChI is InChI=1S/C15H32N4O/c1-4-16-15(18-10-13-20-3)17-9-6-14-7-11-19(5-2)12-8-14/h14H,4-13H2,1-3H3,(H2,16,17,18). The molecule has 0 unspecified atom stereocenters. The molecule has 0 aliphatic carbocycles. The van der Waals surface area contributed by atoms with Crippen LogP contribution in [-0.2, 0) is 4.74 Å². The Hall–Kier alpha value is -0.810. The number of guanidine groups is 1. The molecular formula is C15H32N4O. The number of aliphatic imine (C=N–C) groups is 1. The smallest absolute Gasteiger partial charge is 0.191 e. The number of likely N-dealkylation sites (tertiary alicyclic amines) is 1. The fourth-order valence-electron chi connectivity index (χ4n) is 2.56. The lowest BCUT2D eigenvalue weighted by atomic mass is 9.94. The minimum atomic E-state index is 0.708. The zero-order chi connectivity index (χ0) is 14.6. The Labute approximate surface area is 124 Å². The third-order valence-corrected chi connectivity index (χ3v) is 3.90. The van der Waals surface area contributed by atoms with Crippen LogP contribution < -0.4 is 10.6 Å². The van der Waals surface area contributed by atoms with Crippen molar-refractivity contribution in [3.05, 3.63) is 0 Å². The Bertz CT molecular complexity index is 263. The van der Waals surface area contributed by atoms with Crippen molar-refractivity contribution in [2.75, 3.05) is 53.0 Å². The molecule has 0 amide bonds. The van der Waals surface area contributed by atoms with Gasteiger partial charge >= 0.3 is 0 Å². The average molecular weight is 284 g/mol. The monoisotopic (exact) mass is 284 g/mol. The van der Waals surface area contributed by atoms with E-state index >= 15 is 0 Å². The first-order valence-corrected chi connectivity index (χ1v) is 8.03. The van der Waals surface area contributed by atoms with E-state index in [4.69, 9.17) is 4.74 Å². The molecule has 1 fully saturated rings. The van der Waals surface area contributed by atoms with Gasteiger partial charge in [-0.15, -0.1) is 0 Å². The van der Waals surface area contributed by atoms with Crippen LogP contribution in [0.25, 0.3) is 0 Å². The Morgan fingerprint density at radius 3 is 2.60 bits per heavy atom. The lowest BCUT2D eigenvalue weighted by molar-refractivity contribution is 0.188. The molecule has 0 aromatic rings. The highest BCUT2D eigenvalue weighted by Crippen LogP contribution is 2.19. The van der Waals surface area contributed by atoms with Gasteiger partial charge in [0, 0.05) is 26.7 Å². The van der Waals surface area contributed by atoms with Gasteiger partial charge in [-0.2, -0.15) is 0 Å². The average Bonchev–Trinajstić information content (AvgIpc) is 2.48. The van der Waals surface area contributed by atoms with Crippen molar-refractivity contribution in [2.45, 2.75) is 33.1 Å². The number of ether oxygens (including phenoxy) is 1. The summed E-state index contributed by atoms with van der Waals surface area (Å²) in [5.74, 6) is 1.76. The van der Waals surface area contributed by atoms with Crippen molar-refractivity contribution >= 4 is 5.96 Å². The van der Waals surface area contributed by atoms with Crippen molar-refractivity contribution < 1.29 is 4.74 Å². The second kappa shape index (κ2) is 10.9. The minimum Gasteiger partial charge on any atom is -0.383 e. The van der Waals surface area contributed by atoms with Crippen molar-refractivity contribution in [3.63, 3.8) is 0 Å². The van der Waals surface area contributed by atoms with E-state index in [1.165, 1.54) is 38.9 Å². The Balaban J connectivity index is 2.22. The van der Waals surface area contributed by atoms with Crippen LogP contribution in [0.3, 0.4) is 0 Å². The van der Waals surface area contributed by atoms with Crippen LogP contribution in [0.4, 0.5) is 0 Å². The highest BCUT2D eigenvalue weighted by molar-refractivity contribution is 5.79. The number of nitrogens with one attached hydrogen (secondary N) is 2. The Kier molecular flexibility index (Phi) is 9.41. The molecule has 5 heteroatoms. The number of hydrogen-bond acceptors (Lipinski definition) is 3. The molecule has 1 aliphatic rings. The van der Waals surface area contributed by atoms with E-state index in [-0.39, 0.29) is 0 Å². The molecule has 0 spiro atoms. The van der Waals surface area contributed by atoms with E-state index < -0.39 is 0 Å². The van der Waals surface area contributed by atoms with Gasteiger partial charge in [0.2, 0.25) is 0 Å². The molecule has 0 saturated carbocycles. The first kappa shape index (κ1) is 17.2. The lowest BCUT2D eigenvalue weighted by Crippen LogP contribution is -2.39. The largest absolute Gasteiger partial charge is 0.383 e. The summed E-state index contributed by atoms with van der Waals surface area (Å²) >= 11 is 0. The van der Waals surface area contributed by atoms with Crippen LogP contribution >= 0.6 is 0 Å². The molecule has 0 aromatic heterocycles. The summed E-state index contributed by atoms with van der Waals surface area (Å²) in [6, 6.07) is 0. The van der Waals surface area contributed by atoms with Crippen LogP contribution in [0.2, 0.25) is 0 Å². The summed E-state index contributed by atoms with van der Waals surface area (Å²) in [7, 11) is 1.72. The molecule has 1 heterocycles. The zero-order valence-corrected chi connectivity index (χ0v) is 13.5. The minimum absolute atomic E-state index is 0.708. The van der Waals surface area contributed by atoms with Gasteiger partial charge in [-0.3, -0.25) is 4.99 Å². The van der Waals surface area contributed by atoms with Crippen molar-refractivity contribution in [3.8, 4) is 0 Å². The zero-order valence-electron chi connectivity index (χ0n) is 13.5. The molecule has 20 heavy (non-hydrogen) atoms. The number of methoxy groups -OCH3 is 1. The van der Waals surface area contributed by atoms with Gasteiger partial charge < -0.3 is 20.3 Å². The Morgan fingerprint density at radius 1 is 1.25 bits per heavy atom. The summed E-state index contributed by atoms with van der Waals surface area (Å²) in [5, 5.41) is 6.55. The van der Waals surface area contributed by atoms with E-state index in [9.17, 15) is 0 Å². The third kappa shape index (κ3) is 7.10. The molecule has 118 valence electrons. The SMILES string of the molecule is CCNC(=NCCC1CCN(CC)CC1)NCCOC. The van der Waals surface area contributed by atoms with Crippen LogP contribution in [0.5, 0.6) is 0 Å². The highest BCUT2D eigenvalue weighted by atomic mass is 16.5. The van der Waals surface area contributed by atoms with Crippen LogP contribution in [-0.4, -0.2) is 63.8 Å². The second-order valence-corrected chi connectivity index (χ2v) is 5.35. The first-order valence-electron chi connectivity index (χ1n) is 8.03. The maximum Gasteiger partial charge on any atom is 0.191 e. The molecule has 1 aliphatic heterocycles. The number of nitrogens with zero attached hydrogens (tertiary/aromatic N) is 2. The maximum absolute atomic E-state index is 5.04. The number of rotatable bonds is 8. The van der Waals surface area contributed by atoms with E-state index in [1.807, 2.05) is 0 Å². The van der Waals surface area contributed by atoms with Crippen molar-refractivity contribution in [2.24, 2.45) is 10.9 Å². The topological polar surface area (TPSA) is 48.9 Å². The van der Waals surface area contributed by atoms with Gasteiger partial charge in [0.1, 0.15) is 0 Å². The van der Waals surface area contributed by atoms with Gasteiger partial charge in [-0.1, -0.05) is 6.92 Å². The first-order chi connectivity index (χ1) is 9.80. The molecule has 5 nitrogen and oxygen atoms in total. The Morgan fingerprint density at radius 2 is 2.00 bits per heavy atom. The van der Waals surface area contributed by atoms with Gasteiger partial charge in [0.05, 0.1) is 6.61 Å². The van der Waals surface area contributed by atoms with E-state index in [0.717, 1.165) is 31.5 Å². The fraction of sp³-hybridized carbons (Fsp3) is 0.933. The van der Waals surface area contributed by atoms with E-state index in [1.54, 1.807) is 7.11 Å². The van der Waals surface area contributed by atoms with Crippen LogP contribution in [0, 0.1) is 5.92 Å². The number of piperidine rings is 1. The molecule has 0 atom stereocenters. The van der Waals surface area contributed by atoms with Gasteiger partial charge in [0.25, 0.3) is 0 Å².